The van der Waals surface area contributed by atoms with E-state index in [2.05, 4.69) is 422 Å². The summed E-state index contributed by atoms with van der Waals surface area (Å²) >= 11 is 0. The number of hydrogen-bond donors (Lipinski definition) is 0. The van der Waals surface area contributed by atoms with Gasteiger partial charge in [-0.25, -0.2) is 0 Å². The van der Waals surface area contributed by atoms with Gasteiger partial charge in [0.2, 0.25) is 0 Å². The van der Waals surface area contributed by atoms with Crippen LogP contribution in [0.5, 0.6) is 0 Å². The van der Waals surface area contributed by atoms with Crippen LogP contribution in [0.4, 0.5) is 34.1 Å². The second kappa shape index (κ2) is 24.7. The minimum absolute atomic E-state index is 1.07. The molecule has 2 unspecified atom stereocenters. The molecule has 104 heavy (non-hydrogen) atoms. The molecule has 0 bridgehead atoms. The molecule has 20 rings (SSSR count). The number of benzene rings is 18. The molecule has 0 saturated carbocycles. The molecule has 2 aliphatic carbocycles. The molecule has 0 saturated heterocycles. The summed E-state index contributed by atoms with van der Waals surface area (Å²) in [6, 6.07) is 156. The third-order valence-corrected chi connectivity index (χ3v) is 22.4. The molecule has 0 N–H and O–H groups in total. The van der Waals surface area contributed by atoms with Crippen molar-refractivity contribution in [1.29, 1.82) is 0 Å². The average Bonchev–Trinajstić information content (AvgIpc) is 1.46. The van der Waals surface area contributed by atoms with Crippen LogP contribution in [0, 0.1) is 0 Å². The molecule has 0 heterocycles. The van der Waals surface area contributed by atoms with E-state index >= 15 is 0 Å². The largest absolute Gasteiger partial charge is 0.309 e. The molecule has 0 aromatic heterocycles. The molecule has 2 atom stereocenters. The fourth-order valence-electron chi connectivity index (χ4n) is 18.3. The highest BCUT2D eigenvalue weighted by molar-refractivity contribution is 6.20. The minimum Gasteiger partial charge on any atom is -0.309 e. The van der Waals surface area contributed by atoms with Crippen molar-refractivity contribution in [2.45, 2.75) is 10.8 Å². The van der Waals surface area contributed by atoms with E-state index in [0.29, 0.717) is 0 Å². The van der Waals surface area contributed by atoms with E-state index in [1.165, 1.54) is 88.0 Å². The van der Waals surface area contributed by atoms with Crippen molar-refractivity contribution in [3.63, 3.8) is 0 Å². The molecule has 2 aliphatic rings. The van der Waals surface area contributed by atoms with Crippen LogP contribution >= 0.6 is 0 Å². The second-order valence-electron chi connectivity index (χ2n) is 27.6. The Morgan fingerprint density at radius 1 is 0.163 bits per heavy atom. The highest BCUT2D eigenvalue weighted by Gasteiger charge is 2.65. The number of rotatable bonds is 13. The molecule has 2 heteroatoms. The molecule has 0 radical (unpaired) electrons. The maximum atomic E-state index is 2.67. The van der Waals surface area contributed by atoms with E-state index < -0.39 is 10.8 Å². The number of hydrogen-bond acceptors (Lipinski definition) is 2. The third-order valence-electron chi connectivity index (χ3n) is 22.4. The molecule has 486 valence electrons. The van der Waals surface area contributed by atoms with Crippen molar-refractivity contribution < 1.29 is 0 Å². The molecule has 2 nitrogen and oxygen atoms in total. The Bertz CT molecular complexity index is 5790. The van der Waals surface area contributed by atoms with Gasteiger partial charge in [-0.1, -0.05) is 376 Å². The van der Waals surface area contributed by atoms with E-state index in [-0.39, 0.29) is 0 Å². The zero-order valence-corrected chi connectivity index (χ0v) is 57.2. The fraction of sp³-hybridized carbons (Fsp3) is 0.0196. The van der Waals surface area contributed by atoms with Gasteiger partial charge in [0.1, 0.15) is 0 Å². The number of fused-ring (bicyclic) bond motifs is 14. The van der Waals surface area contributed by atoms with Gasteiger partial charge in [-0.3, -0.25) is 0 Å². The molecule has 0 spiro atoms. The smallest absolute Gasteiger partial charge is 0.0642 e. The van der Waals surface area contributed by atoms with Crippen molar-refractivity contribution in [1.82, 2.24) is 0 Å². The lowest BCUT2D eigenvalue weighted by molar-refractivity contribution is 0.438. The zero-order valence-electron chi connectivity index (χ0n) is 57.2. The number of anilines is 6. The highest BCUT2D eigenvalue weighted by Crippen LogP contribution is 2.73. The Morgan fingerprint density at radius 2 is 0.404 bits per heavy atom. The van der Waals surface area contributed by atoms with Crippen LogP contribution in [-0.2, 0) is 10.8 Å². The van der Waals surface area contributed by atoms with E-state index in [1.54, 1.807) is 0 Å². The summed E-state index contributed by atoms with van der Waals surface area (Å²) in [4.78, 5) is 5.22. The second-order valence-corrected chi connectivity index (χ2v) is 27.6. The van der Waals surface area contributed by atoms with Gasteiger partial charge in [0.25, 0.3) is 0 Å². The summed E-state index contributed by atoms with van der Waals surface area (Å²) in [5.41, 5.74) is 25.5. The van der Waals surface area contributed by atoms with Crippen LogP contribution < -0.4 is 9.80 Å². The van der Waals surface area contributed by atoms with Crippen molar-refractivity contribution in [2.75, 3.05) is 9.80 Å². The summed E-state index contributed by atoms with van der Waals surface area (Å²) in [7, 11) is 0. The number of nitrogens with zero attached hydrogens (tertiary/aromatic N) is 2. The van der Waals surface area contributed by atoms with Gasteiger partial charge in [0, 0.05) is 33.0 Å². The minimum atomic E-state index is -1.09. The lowest BCUT2D eigenvalue weighted by atomic mass is 9.49. The fourth-order valence-corrected chi connectivity index (χ4v) is 18.3. The topological polar surface area (TPSA) is 6.48 Å². The van der Waals surface area contributed by atoms with E-state index in [0.717, 1.165) is 89.4 Å². The van der Waals surface area contributed by atoms with Crippen LogP contribution in [0.2, 0.25) is 0 Å². The van der Waals surface area contributed by atoms with Crippen LogP contribution in [0.15, 0.2) is 413 Å². The summed E-state index contributed by atoms with van der Waals surface area (Å²) in [6.07, 6.45) is 0. The Kier molecular flexibility index (Phi) is 14.4. The molecule has 18 aromatic carbocycles. The van der Waals surface area contributed by atoms with Gasteiger partial charge in [0.15, 0.2) is 0 Å². The van der Waals surface area contributed by atoms with Gasteiger partial charge in [-0.15, -0.1) is 0 Å². The number of para-hydroxylation sites is 4. The molecule has 0 aliphatic heterocycles. The summed E-state index contributed by atoms with van der Waals surface area (Å²) in [5, 5.41) is 9.44. The first-order valence-electron chi connectivity index (χ1n) is 36.2. The predicted molar refractivity (Wildman–Crippen MR) is 438 cm³/mol. The first kappa shape index (κ1) is 60.6. The average molecular weight is 1320 g/mol. The summed E-state index contributed by atoms with van der Waals surface area (Å²) in [5.74, 6) is 0. The normalized spacial score (nSPS) is 14.8. The lowest BCUT2D eigenvalue weighted by Crippen LogP contribution is -2.50. The van der Waals surface area contributed by atoms with E-state index in [9.17, 15) is 0 Å². The molecule has 18 aromatic rings. The van der Waals surface area contributed by atoms with Crippen LogP contribution in [0.3, 0.4) is 0 Å². The van der Waals surface area contributed by atoms with E-state index in [4.69, 9.17) is 0 Å². The first-order chi connectivity index (χ1) is 51.7. The summed E-state index contributed by atoms with van der Waals surface area (Å²) in [6.45, 7) is 0. The molecule has 0 amide bonds. The maximum absolute atomic E-state index is 2.67. The Balaban J connectivity index is 1.02. The molecular formula is C102H68N2. The highest BCUT2D eigenvalue weighted by atomic mass is 15.2. The Morgan fingerprint density at radius 3 is 0.721 bits per heavy atom. The first-order valence-corrected chi connectivity index (χ1v) is 36.2. The summed E-state index contributed by atoms with van der Waals surface area (Å²) < 4.78 is 0. The van der Waals surface area contributed by atoms with Gasteiger partial charge in [-0.05, 0) is 147 Å². The van der Waals surface area contributed by atoms with Crippen molar-refractivity contribution in [3.8, 4) is 66.8 Å². The van der Waals surface area contributed by atoms with E-state index in [1.807, 2.05) is 0 Å². The molecular weight excluding hydrogens is 1250 g/mol. The predicted octanol–water partition coefficient (Wildman–Crippen LogP) is 27.2. The standard InChI is InChI=1S/C102H68N2/c1-7-35-69(36-8-1)77-49-27-31-59-91(77)103(92-60-32-28-50-78(92)70-37-9-2-10-38-70)95-67-89-99(85-57-25-23-55-83(85)95)97-81-53-21-19-43-73(81)63-65-87(97)101(89,75-45-15-5-16-46-75)102(76-47-17-6-18-48-76)88-66-64-74-44-20-22-54-82(74)98(88)100-86-58-26-24-56-84(86)96(68-90(100)102)104(93-61-33-29-51-79(93)71-39-11-3-12-40-71)94-62-34-30-52-80(94)72-41-13-4-14-42-72/h1-68H. The van der Waals surface area contributed by atoms with Gasteiger partial charge in [0.05, 0.1) is 45.0 Å². The van der Waals surface area contributed by atoms with Crippen LogP contribution in [0.1, 0.15) is 33.4 Å². The van der Waals surface area contributed by atoms with Crippen molar-refractivity contribution >= 4 is 77.2 Å². The SMILES string of the molecule is c1ccc(-c2ccccc2N(c2ccccc2-c2ccccc2)c2cc3c(c4ccccc24)-c2c(ccc4ccccc24)C3(c2ccccc2)C2(c3ccccc3)c3ccc4ccccc4c3-c3c2cc(N(c2ccccc2-c2ccccc2)c2ccccc2-c2ccccc2)c2ccccc32)cc1. The quantitative estimate of drug-likeness (QED) is 0.114. The van der Waals surface area contributed by atoms with Gasteiger partial charge >= 0.3 is 0 Å². The maximum Gasteiger partial charge on any atom is 0.0642 e. The van der Waals surface area contributed by atoms with Crippen LogP contribution in [-0.4, -0.2) is 0 Å². The van der Waals surface area contributed by atoms with Crippen LogP contribution in [0.25, 0.3) is 110 Å². The lowest BCUT2D eigenvalue weighted by Gasteiger charge is -2.51. The Labute approximate surface area is 606 Å². The van der Waals surface area contributed by atoms with Crippen molar-refractivity contribution in [2.24, 2.45) is 0 Å². The zero-order chi connectivity index (χ0) is 68.7. The Hall–Kier alpha value is -13.4. The third kappa shape index (κ3) is 9.08. The van der Waals surface area contributed by atoms with Gasteiger partial charge < -0.3 is 9.80 Å². The van der Waals surface area contributed by atoms with Crippen molar-refractivity contribution in [3.05, 3.63) is 446 Å². The molecule has 0 fully saturated rings. The van der Waals surface area contributed by atoms with Gasteiger partial charge in [-0.2, -0.15) is 0 Å². The monoisotopic (exact) mass is 1320 g/mol.